The van der Waals surface area contributed by atoms with Gasteiger partial charge in [0.15, 0.2) is 0 Å². The molecule has 0 atom stereocenters. The maximum absolute atomic E-state index is 9.53. The lowest BCUT2D eigenvalue weighted by Gasteiger charge is -2.29. The zero-order valence-electron chi connectivity index (χ0n) is 15.8. The van der Waals surface area contributed by atoms with Crippen molar-refractivity contribution in [1.82, 2.24) is 0 Å². The van der Waals surface area contributed by atoms with Gasteiger partial charge in [-0.3, -0.25) is 0 Å². The van der Waals surface area contributed by atoms with Gasteiger partial charge in [-0.25, -0.2) is 0 Å². The second kappa shape index (κ2) is 6.53. The summed E-state index contributed by atoms with van der Waals surface area (Å²) in [7, 11) is 0. The van der Waals surface area contributed by atoms with Crippen LogP contribution in [0.2, 0.25) is 0 Å². The van der Waals surface area contributed by atoms with Gasteiger partial charge in [0.25, 0.3) is 0 Å². The highest BCUT2D eigenvalue weighted by molar-refractivity contribution is 5.44. The van der Waals surface area contributed by atoms with Crippen molar-refractivity contribution in [3.63, 3.8) is 0 Å². The average Bonchev–Trinajstić information content (AvgIpc) is 2.62. The lowest BCUT2D eigenvalue weighted by atomic mass is 9.84. The lowest BCUT2D eigenvalue weighted by molar-refractivity contribution is 0.473. The van der Waals surface area contributed by atoms with Crippen molar-refractivity contribution in [3.8, 4) is 11.5 Å². The Bertz CT molecular complexity index is 795. The normalized spacial score (nSPS) is 12.2. The van der Waals surface area contributed by atoms with Gasteiger partial charge >= 0.3 is 0 Å². The first-order valence-electron chi connectivity index (χ1n) is 8.91. The number of benzene rings is 3. The third-order valence-electron chi connectivity index (χ3n) is 5.51. The molecule has 134 valence electrons. The number of aromatic hydroxyl groups is 2. The molecule has 0 aliphatic carbocycles. The Morgan fingerprint density at radius 1 is 0.423 bits per heavy atom. The monoisotopic (exact) mass is 350 g/mol. The summed E-state index contributed by atoms with van der Waals surface area (Å²) < 4.78 is 0. The fraction of sp³-hybridized carbons (Fsp3) is 0.250. The maximum atomic E-state index is 9.53. The topological polar surface area (TPSA) is 40.5 Å². The minimum atomic E-state index is -0.144. The van der Waals surface area contributed by atoms with E-state index in [1.165, 1.54) is 22.3 Å². The highest BCUT2D eigenvalue weighted by Gasteiger charge is 2.26. The quantitative estimate of drug-likeness (QED) is 0.588. The van der Waals surface area contributed by atoms with Gasteiger partial charge in [-0.1, -0.05) is 76.2 Å². The highest BCUT2D eigenvalue weighted by Crippen LogP contribution is 2.36. The van der Waals surface area contributed by atoms with Crippen LogP contribution in [0.5, 0.6) is 11.5 Å². The molecule has 0 heterocycles. The van der Waals surface area contributed by atoms with E-state index in [0.717, 1.165) is 0 Å². The molecule has 0 unspecified atom stereocenters. The molecular formula is C24H26O2. The minimum absolute atomic E-state index is 0.144. The predicted octanol–water partition coefficient (Wildman–Crippen LogP) is 5.75. The molecule has 0 fully saturated rings. The van der Waals surface area contributed by atoms with Crippen LogP contribution < -0.4 is 0 Å². The molecule has 0 aliphatic heterocycles. The summed E-state index contributed by atoms with van der Waals surface area (Å²) in [6, 6.07) is 23.6. The van der Waals surface area contributed by atoms with Gasteiger partial charge in [-0.15, -0.1) is 0 Å². The fourth-order valence-corrected chi connectivity index (χ4v) is 3.39. The number of phenolic OH excluding ortho intramolecular Hbond substituents is 2. The van der Waals surface area contributed by atoms with E-state index in [4.69, 9.17) is 0 Å². The summed E-state index contributed by atoms with van der Waals surface area (Å²) in [5, 5.41) is 19.1. The smallest absolute Gasteiger partial charge is 0.115 e. The first-order chi connectivity index (χ1) is 12.2. The Morgan fingerprint density at radius 3 is 0.846 bits per heavy atom. The lowest BCUT2D eigenvalue weighted by Crippen LogP contribution is -2.21. The Morgan fingerprint density at radius 2 is 0.615 bits per heavy atom. The van der Waals surface area contributed by atoms with Crippen molar-refractivity contribution in [2.75, 3.05) is 0 Å². The van der Waals surface area contributed by atoms with E-state index in [2.05, 4.69) is 52.0 Å². The molecule has 0 saturated heterocycles. The minimum Gasteiger partial charge on any atom is -0.508 e. The molecule has 0 bridgehead atoms. The molecule has 3 aromatic carbocycles. The molecule has 0 saturated carbocycles. The standard InChI is InChI=1S/C24H26O2/c1-23(2,19-9-13-21(25)14-10-19)17-5-7-18(8-6-17)24(3,4)20-11-15-22(26)16-12-20/h5-16,25-26H,1-4H3/i1+1,2+1,3+1,4+1. The van der Waals surface area contributed by atoms with Crippen LogP contribution in [0.15, 0.2) is 72.8 Å². The first kappa shape index (κ1) is 18.1. The molecule has 0 amide bonds. The molecule has 0 radical (unpaired) electrons. The number of rotatable bonds is 4. The fourth-order valence-electron chi connectivity index (χ4n) is 3.39. The molecule has 26 heavy (non-hydrogen) atoms. The van der Waals surface area contributed by atoms with Gasteiger partial charge in [-0.05, 0) is 46.5 Å². The first-order valence-corrected chi connectivity index (χ1v) is 8.91. The van der Waals surface area contributed by atoms with Gasteiger partial charge in [0.05, 0.1) is 0 Å². The molecule has 3 aromatic rings. The predicted molar refractivity (Wildman–Crippen MR) is 107 cm³/mol. The third-order valence-corrected chi connectivity index (χ3v) is 5.51. The molecular weight excluding hydrogens is 324 g/mol. The highest BCUT2D eigenvalue weighted by atomic mass is 16.3. The zero-order chi connectivity index (χ0) is 18.9. The second-order valence-electron chi connectivity index (χ2n) is 7.92. The Kier molecular flexibility index (Phi) is 4.53. The molecule has 0 aliphatic rings. The van der Waals surface area contributed by atoms with Crippen molar-refractivity contribution in [2.45, 2.75) is 38.5 Å². The number of phenols is 2. The van der Waals surface area contributed by atoms with Crippen LogP contribution in [0.25, 0.3) is 0 Å². The van der Waals surface area contributed by atoms with Gasteiger partial charge < -0.3 is 10.2 Å². The number of hydrogen-bond donors (Lipinski definition) is 2. The van der Waals surface area contributed by atoms with Gasteiger partial charge in [0.2, 0.25) is 0 Å². The summed E-state index contributed by atoms with van der Waals surface area (Å²) in [5.41, 5.74) is 4.51. The Hall–Kier alpha value is -2.74. The SMILES string of the molecule is [13CH3]C([13CH3])(c1ccc(O)cc1)c1ccc(C([13CH3])([13CH3])c2ccc(O)cc2)cc1. The van der Waals surface area contributed by atoms with E-state index in [1.54, 1.807) is 24.3 Å². The Balaban J connectivity index is 1.92. The molecule has 3 rings (SSSR count). The molecule has 2 N–H and O–H groups in total. The average molecular weight is 350 g/mol. The molecule has 0 aromatic heterocycles. The van der Waals surface area contributed by atoms with Crippen molar-refractivity contribution in [3.05, 3.63) is 95.1 Å². The summed E-state index contributed by atoms with van der Waals surface area (Å²) in [6.45, 7) is 8.78. The van der Waals surface area contributed by atoms with Gasteiger partial charge in [-0.2, -0.15) is 0 Å². The zero-order valence-corrected chi connectivity index (χ0v) is 15.8. The summed E-state index contributed by atoms with van der Waals surface area (Å²) in [6.07, 6.45) is 0. The summed E-state index contributed by atoms with van der Waals surface area (Å²) in [4.78, 5) is 0. The summed E-state index contributed by atoms with van der Waals surface area (Å²) in [5.74, 6) is 0.575. The van der Waals surface area contributed by atoms with Crippen LogP contribution in [0.3, 0.4) is 0 Å². The van der Waals surface area contributed by atoms with Crippen molar-refractivity contribution < 1.29 is 10.2 Å². The molecule has 0 spiro atoms. The van der Waals surface area contributed by atoms with E-state index >= 15 is 0 Å². The molecule has 2 nitrogen and oxygen atoms in total. The van der Waals surface area contributed by atoms with Crippen LogP contribution >= 0.6 is 0 Å². The van der Waals surface area contributed by atoms with Crippen molar-refractivity contribution >= 4 is 0 Å². The number of hydrogen-bond acceptors (Lipinski definition) is 2. The van der Waals surface area contributed by atoms with E-state index < -0.39 is 0 Å². The van der Waals surface area contributed by atoms with Gasteiger partial charge in [0.1, 0.15) is 11.5 Å². The van der Waals surface area contributed by atoms with Gasteiger partial charge in [0, 0.05) is 10.8 Å². The van der Waals surface area contributed by atoms with E-state index in [9.17, 15) is 10.2 Å². The molecule has 2 heteroatoms. The van der Waals surface area contributed by atoms with E-state index in [0.29, 0.717) is 0 Å². The van der Waals surface area contributed by atoms with Crippen LogP contribution in [-0.2, 0) is 10.8 Å². The van der Waals surface area contributed by atoms with Crippen LogP contribution in [0.4, 0.5) is 0 Å². The van der Waals surface area contributed by atoms with E-state index in [-0.39, 0.29) is 22.3 Å². The Labute approximate surface area is 155 Å². The van der Waals surface area contributed by atoms with Crippen molar-refractivity contribution in [1.29, 1.82) is 0 Å². The largest absolute Gasteiger partial charge is 0.508 e. The van der Waals surface area contributed by atoms with Crippen LogP contribution in [0.1, 0.15) is 49.9 Å². The van der Waals surface area contributed by atoms with Crippen LogP contribution in [0, 0.1) is 0 Å². The van der Waals surface area contributed by atoms with E-state index in [1.807, 2.05) is 24.3 Å². The third kappa shape index (κ3) is 3.32. The second-order valence-corrected chi connectivity index (χ2v) is 7.92. The van der Waals surface area contributed by atoms with Crippen LogP contribution in [-0.4, -0.2) is 10.2 Å². The summed E-state index contributed by atoms with van der Waals surface area (Å²) >= 11 is 0. The maximum Gasteiger partial charge on any atom is 0.115 e. The van der Waals surface area contributed by atoms with Crippen molar-refractivity contribution in [2.24, 2.45) is 0 Å².